The molecule has 2 aliphatic rings. The third kappa shape index (κ3) is 8.67. The van der Waals surface area contributed by atoms with Gasteiger partial charge in [-0.25, -0.2) is 17.2 Å². The van der Waals surface area contributed by atoms with Gasteiger partial charge in [-0.15, -0.1) is 0 Å². The minimum Gasteiger partial charge on any atom is -0.348 e. The predicted octanol–water partition coefficient (Wildman–Crippen LogP) is 2.81. The molecule has 0 spiro atoms. The van der Waals surface area contributed by atoms with Gasteiger partial charge in [0.15, 0.2) is 5.69 Å². The molecule has 1 saturated carbocycles. The number of alkyl halides is 2. The lowest BCUT2D eigenvalue weighted by molar-refractivity contribution is -0.124. The Kier molecular flexibility index (Phi) is 10.3. The fraction of sp³-hybridized carbons (Fsp3) is 0.500. The van der Waals surface area contributed by atoms with Gasteiger partial charge in [0.05, 0.1) is 10.6 Å². The first-order chi connectivity index (χ1) is 20.3. The summed E-state index contributed by atoms with van der Waals surface area (Å²) in [5.74, 6) is -4.67. The van der Waals surface area contributed by atoms with Crippen LogP contribution in [0.25, 0.3) is 0 Å². The van der Waals surface area contributed by atoms with Crippen molar-refractivity contribution in [2.75, 3.05) is 44.4 Å². The fourth-order valence-corrected chi connectivity index (χ4v) is 6.54. The number of H-pyrrole nitrogens is 1. The number of aromatic nitrogens is 2. The second-order valence-electron chi connectivity index (χ2n) is 11.1. The summed E-state index contributed by atoms with van der Waals surface area (Å²) in [6.45, 7) is 0.908. The van der Waals surface area contributed by atoms with E-state index in [-0.39, 0.29) is 67.0 Å². The summed E-state index contributed by atoms with van der Waals surface area (Å²) in [7, 11) is -0.101. The summed E-state index contributed by atoms with van der Waals surface area (Å²) in [5, 5.41) is 14.6. The van der Waals surface area contributed by atoms with Gasteiger partial charge in [-0.3, -0.25) is 19.5 Å². The SMILES string of the molecule is CN(C)C/C=C/C(=O)Nc1cccc(S(=O)(=O)N2CCC(NC(=O)c3n[nH]cc3NC(=O)C3CCC(F)(F)CC3)CC2)c1. The van der Waals surface area contributed by atoms with Gasteiger partial charge in [-0.2, -0.15) is 9.40 Å². The molecular weight excluding hydrogens is 584 g/mol. The summed E-state index contributed by atoms with van der Waals surface area (Å²) in [4.78, 5) is 39.7. The van der Waals surface area contributed by atoms with Crippen LogP contribution in [-0.4, -0.2) is 91.2 Å². The highest BCUT2D eigenvalue weighted by atomic mass is 32.2. The van der Waals surface area contributed by atoms with Crippen LogP contribution in [0.1, 0.15) is 49.0 Å². The number of carbonyl (C=O) groups excluding carboxylic acids is 3. The van der Waals surface area contributed by atoms with Crippen molar-refractivity contribution in [3.63, 3.8) is 0 Å². The molecule has 15 heteroatoms. The molecule has 0 bridgehead atoms. The molecule has 1 aromatic carbocycles. The van der Waals surface area contributed by atoms with E-state index in [2.05, 4.69) is 26.1 Å². The molecule has 2 aromatic rings. The molecule has 0 radical (unpaired) electrons. The number of sulfonamides is 1. The van der Waals surface area contributed by atoms with Gasteiger partial charge in [0.25, 0.3) is 5.91 Å². The Morgan fingerprint density at radius 2 is 1.81 bits per heavy atom. The fourth-order valence-electron chi connectivity index (χ4n) is 5.03. The zero-order chi connectivity index (χ0) is 31.2. The number of nitrogens with one attached hydrogen (secondary N) is 4. The maximum Gasteiger partial charge on any atom is 0.274 e. The van der Waals surface area contributed by atoms with Crippen LogP contribution >= 0.6 is 0 Å². The molecule has 0 atom stereocenters. The van der Waals surface area contributed by atoms with Crippen LogP contribution in [0, 0.1) is 5.92 Å². The highest BCUT2D eigenvalue weighted by Gasteiger charge is 2.38. The van der Waals surface area contributed by atoms with Crippen molar-refractivity contribution < 1.29 is 31.6 Å². The van der Waals surface area contributed by atoms with E-state index >= 15 is 0 Å². The second-order valence-corrected chi connectivity index (χ2v) is 13.0. The molecule has 4 rings (SSSR count). The van der Waals surface area contributed by atoms with Crippen LogP contribution in [-0.2, 0) is 19.6 Å². The van der Waals surface area contributed by atoms with E-state index in [9.17, 15) is 31.6 Å². The van der Waals surface area contributed by atoms with Crippen molar-refractivity contribution in [2.45, 2.75) is 55.4 Å². The Labute approximate surface area is 249 Å². The van der Waals surface area contributed by atoms with E-state index in [0.717, 1.165) is 0 Å². The topological polar surface area (TPSA) is 157 Å². The zero-order valence-electron chi connectivity index (χ0n) is 24.1. The van der Waals surface area contributed by atoms with E-state index in [4.69, 9.17) is 0 Å². The quantitative estimate of drug-likeness (QED) is 0.297. The van der Waals surface area contributed by atoms with E-state index in [1.165, 1.54) is 28.7 Å². The van der Waals surface area contributed by atoms with Crippen molar-refractivity contribution in [2.24, 2.45) is 5.92 Å². The first-order valence-corrected chi connectivity index (χ1v) is 15.5. The van der Waals surface area contributed by atoms with E-state index < -0.39 is 33.7 Å². The number of benzene rings is 1. The van der Waals surface area contributed by atoms with Crippen LogP contribution in [0.15, 0.2) is 47.5 Å². The lowest BCUT2D eigenvalue weighted by atomic mass is 9.86. The van der Waals surface area contributed by atoms with Gasteiger partial charge in [0, 0.05) is 62.4 Å². The lowest BCUT2D eigenvalue weighted by Gasteiger charge is -2.31. The summed E-state index contributed by atoms with van der Waals surface area (Å²) < 4.78 is 54.8. The van der Waals surface area contributed by atoms with Gasteiger partial charge < -0.3 is 20.9 Å². The van der Waals surface area contributed by atoms with Gasteiger partial charge in [0.1, 0.15) is 0 Å². The average molecular weight is 622 g/mol. The molecule has 1 aliphatic heterocycles. The maximum absolute atomic E-state index is 13.4. The second kappa shape index (κ2) is 13.7. The molecule has 2 heterocycles. The Balaban J connectivity index is 1.29. The van der Waals surface area contributed by atoms with Gasteiger partial charge >= 0.3 is 0 Å². The standard InChI is InChI=1S/C28H37F2N7O5S/c1-36(2)14-4-7-24(38)32-21-5-3-6-22(17-21)43(41,42)37-15-10-20(11-16-37)33-27(40)25-23(18-31-35-25)34-26(39)19-8-12-28(29,30)13-9-19/h3-7,17-20H,8-16H2,1-2H3,(H,31,35)(H,32,38)(H,33,40)(H,34,39)/b7-4+. The Bertz CT molecular complexity index is 1440. The maximum atomic E-state index is 13.4. The third-order valence-electron chi connectivity index (χ3n) is 7.47. The molecule has 2 fully saturated rings. The van der Waals surface area contributed by atoms with Gasteiger partial charge in [-0.1, -0.05) is 12.1 Å². The third-order valence-corrected chi connectivity index (χ3v) is 9.36. The molecular formula is C28H37F2N7O5S. The van der Waals surface area contributed by atoms with E-state index in [1.54, 1.807) is 18.2 Å². The summed E-state index contributed by atoms with van der Waals surface area (Å²) >= 11 is 0. The summed E-state index contributed by atoms with van der Waals surface area (Å²) in [6, 6.07) is 5.71. The molecule has 3 amide bonds. The number of hydrogen-bond donors (Lipinski definition) is 4. The zero-order valence-corrected chi connectivity index (χ0v) is 24.9. The van der Waals surface area contributed by atoms with Crippen LogP contribution in [0.4, 0.5) is 20.2 Å². The Morgan fingerprint density at radius 3 is 2.49 bits per heavy atom. The minimum absolute atomic E-state index is 0.0417. The molecule has 1 aromatic heterocycles. The molecule has 12 nitrogen and oxygen atoms in total. The number of rotatable bonds is 10. The van der Waals surface area contributed by atoms with Gasteiger partial charge in [0.2, 0.25) is 27.8 Å². The molecule has 234 valence electrons. The van der Waals surface area contributed by atoms with Crippen LogP contribution < -0.4 is 16.0 Å². The van der Waals surface area contributed by atoms with Crippen molar-refractivity contribution in [1.82, 2.24) is 24.7 Å². The number of piperidine rings is 1. The molecule has 4 N–H and O–H groups in total. The number of nitrogens with zero attached hydrogens (tertiary/aromatic N) is 3. The smallest absolute Gasteiger partial charge is 0.274 e. The lowest BCUT2D eigenvalue weighted by Crippen LogP contribution is -2.46. The Morgan fingerprint density at radius 1 is 1.12 bits per heavy atom. The van der Waals surface area contributed by atoms with Crippen LogP contribution in [0.5, 0.6) is 0 Å². The minimum atomic E-state index is -3.85. The first kappa shape index (κ1) is 32.2. The van der Waals surface area contributed by atoms with Crippen molar-refractivity contribution in [1.29, 1.82) is 0 Å². The molecule has 1 saturated heterocycles. The Hall–Kier alpha value is -3.69. The number of anilines is 2. The molecule has 1 aliphatic carbocycles. The largest absolute Gasteiger partial charge is 0.348 e. The molecule has 43 heavy (non-hydrogen) atoms. The number of carbonyl (C=O) groups is 3. The highest BCUT2D eigenvalue weighted by molar-refractivity contribution is 7.89. The van der Waals surface area contributed by atoms with Crippen molar-refractivity contribution in [3.05, 3.63) is 48.3 Å². The number of hydrogen-bond acceptors (Lipinski definition) is 7. The van der Waals surface area contributed by atoms with Crippen LogP contribution in [0.3, 0.4) is 0 Å². The number of aromatic amines is 1. The highest BCUT2D eigenvalue weighted by Crippen LogP contribution is 2.36. The number of likely N-dealkylation sites (N-methyl/N-ethyl adjacent to an activating group) is 1. The van der Waals surface area contributed by atoms with Crippen molar-refractivity contribution in [3.8, 4) is 0 Å². The summed E-state index contributed by atoms with van der Waals surface area (Å²) in [6.07, 6.45) is 4.56. The normalized spacial score (nSPS) is 18.5. The van der Waals surface area contributed by atoms with Crippen molar-refractivity contribution >= 4 is 39.1 Å². The number of amides is 3. The van der Waals surface area contributed by atoms with Gasteiger partial charge in [-0.05, 0) is 58.0 Å². The van der Waals surface area contributed by atoms with E-state index in [0.29, 0.717) is 25.1 Å². The summed E-state index contributed by atoms with van der Waals surface area (Å²) in [5.41, 5.74) is 0.464. The monoisotopic (exact) mass is 621 g/mol. The first-order valence-electron chi connectivity index (χ1n) is 14.1. The van der Waals surface area contributed by atoms with E-state index in [1.807, 2.05) is 19.0 Å². The number of halogens is 2. The molecule has 0 unspecified atom stereocenters. The average Bonchev–Trinajstić information content (AvgIpc) is 3.41. The van der Waals surface area contributed by atoms with Crippen LogP contribution in [0.2, 0.25) is 0 Å². The predicted molar refractivity (Wildman–Crippen MR) is 156 cm³/mol.